The van der Waals surface area contributed by atoms with Gasteiger partial charge >= 0.3 is 0 Å². The average molecular weight is 232 g/mol. The molecule has 0 amide bonds. The van der Waals surface area contributed by atoms with Gasteiger partial charge in [-0.3, -0.25) is 0 Å². The molecule has 0 N–H and O–H groups in total. The number of allylic oxidation sites excluding steroid dienone is 1. The van der Waals surface area contributed by atoms with Gasteiger partial charge in [-0.05, 0) is 25.8 Å². The zero-order chi connectivity index (χ0) is 12.1. The lowest BCUT2D eigenvalue weighted by Crippen LogP contribution is -2.06. The third-order valence-corrected chi connectivity index (χ3v) is 2.96. The third kappa shape index (κ3) is 3.99. The summed E-state index contributed by atoms with van der Waals surface area (Å²) in [5, 5.41) is 0. The van der Waals surface area contributed by atoms with Crippen LogP contribution in [0.3, 0.4) is 0 Å². The molecule has 1 heterocycles. The Morgan fingerprint density at radius 2 is 1.88 bits per heavy atom. The summed E-state index contributed by atoms with van der Waals surface area (Å²) in [7, 11) is 0. The van der Waals surface area contributed by atoms with E-state index < -0.39 is 0 Å². The first-order valence-electron chi connectivity index (χ1n) is 6.21. The number of aryl methyl sites for hydroxylation is 1. The quantitative estimate of drug-likeness (QED) is 0.790. The van der Waals surface area contributed by atoms with Gasteiger partial charge in [-0.2, -0.15) is 0 Å². The lowest BCUT2D eigenvalue weighted by Gasteiger charge is -2.08. The Morgan fingerprint density at radius 3 is 2.53 bits per heavy atom. The van der Waals surface area contributed by atoms with Crippen LogP contribution in [0.15, 0.2) is 29.8 Å². The number of hydrogen-bond donors (Lipinski definition) is 0. The second-order valence-corrected chi connectivity index (χ2v) is 4.61. The molecule has 0 atom stereocenters. The maximum Gasteiger partial charge on any atom is 0.158 e. The van der Waals surface area contributed by atoms with Crippen LogP contribution in [0.4, 0.5) is 0 Å². The smallest absolute Gasteiger partial charge is 0.158 e. The topological polar surface area (TPSA) is 18.5 Å². The second kappa shape index (κ2) is 5.99. The average Bonchev–Trinajstić information content (AvgIpc) is 2.83. The number of benzene rings is 1. The standard InChI is InChI=1S/C15H20O2/c1-12-3-6-14(7-4-12)11-13(2)5-8-15-16-9-10-17-15/h3-4,6-7,11,15H,5,8-10H2,1-2H3/b13-11+. The summed E-state index contributed by atoms with van der Waals surface area (Å²) in [4.78, 5) is 0. The van der Waals surface area contributed by atoms with Crippen LogP contribution in [0.5, 0.6) is 0 Å². The van der Waals surface area contributed by atoms with Crippen molar-refractivity contribution < 1.29 is 9.47 Å². The minimum Gasteiger partial charge on any atom is -0.350 e. The Balaban J connectivity index is 1.85. The Morgan fingerprint density at radius 1 is 1.24 bits per heavy atom. The molecule has 1 aliphatic rings. The van der Waals surface area contributed by atoms with E-state index in [4.69, 9.17) is 9.47 Å². The number of hydrogen-bond acceptors (Lipinski definition) is 2. The molecule has 92 valence electrons. The minimum atomic E-state index is 0.0105. The van der Waals surface area contributed by atoms with Crippen molar-refractivity contribution in [3.05, 3.63) is 41.0 Å². The SMILES string of the molecule is C/C(=C\c1ccc(C)cc1)CCC1OCCO1. The highest BCUT2D eigenvalue weighted by molar-refractivity contribution is 5.52. The van der Waals surface area contributed by atoms with Crippen molar-refractivity contribution in [1.82, 2.24) is 0 Å². The van der Waals surface area contributed by atoms with E-state index in [1.807, 2.05) is 0 Å². The van der Waals surface area contributed by atoms with E-state index >= 15 is 0 Å². The zero-order valence-electron chi connectivity index (χ0n) is 10.6. The van der Waals surface area contributed by atoms with E-state index in [2.05, 4.69) is 44.2 Å². The molecular formula is C15H20O2. The van der Waals surface area contributed by atoms with Gasteiger partial charge in [-0.1, -0.05) is 41.5 Å². The summed E-state index contributed by atoms with van der Waals surface area (Å²) in [6, 6.07) is 8.59. The highest BCUT2D eigenvalue weighted by Crippen LogP contribution is 2.16. The summed E-state index contributed by atoms with van der Waals surface area (Å²) in [5.41, 5.74) is 3.93. The first-order chi connectivity index (χ1) is 8.24. The fraction of sp³-hybridized carbons (Fsp3) is 0.467. The molecule has 2 rings (SSSR count). The molecule has 0 aromatic heterocycles. The van der Waals surface area contributed by atoms with Crippen LogP contribution in [0.25, 0.3) is 6.08 Å². The molecule has 1 aliphatic heterocycles. The first kappa shape index (κ1) is 12.3. The van der Waals surface area contributed by atoms with Gasteiger partial charge < -0.3 is 9.47 Å². The van der Waals surface area contributed by atoms with Gasteiger partial charge in [0.2, 0.25) is 0 Å². The minimum absolute atomic E-state index is 0.0105. The van der Waals surface area contributed by atoms with Gasteiger partial charge in [0.15, 0.2) is 6.29 Å². The lowest BCUT2D eigenvalue weighted by atomic mass is 10.1. The molecule has 1 fully saturated rings. The van der Waals surface area contributed by atoms with E-state index in [9.17, 15) is 0 Å². The summed E-state index contributed by atoms with van der Waals surface area (Å²) >= 11 is 0. The van der Waals surface area contributed by atoms with Gasteiger partial charge in [0.05, 0.1) is 13.2 Å². The molecule has 0 bridgehead atoms. The van der Waals surface area contributed by atoms with Gasteiger partial charge in [0.1, 0.15) is 0 Å². The van der Waals surface area contributed by atoms with Crippen molar-refractivity contribution in [1.29, 1.82) is 0 Å². The predicted octanol–water partition coefficient (Wildman–Crippen LogP) is 3.55. The van der Waals surface area contributed by atoms with Gasteiger partial charge in [-0.15, -0.1) is 0 Å². The molecule has 2 nitrogen and oxygen atoms in total. The summed E-state index contributed by atoms with van der Waals surface area (Å²) < 4.78 is 10.8. The van der Waals surface area contributed by atoms with Crippen LogP contribution < -0.4 is 0 Å². The molecule has 0 spiro atoms. The van der Waals surface area contributed by atoms with Crippen molar-refractivity contribution in [3.63, 3.8) is 0 Å². The maximum absolute atomic E-state index is 5.42. The largest absolute Gasteiger partial charge is 0.350 e. The highest BCUT2D eigenvalue weighted by Gasteiger charge is 2.14. The summed E-state index contributed by atoms with van der Waals surface area (Å²) in [5.74, 6) is 0. The second-order valence-electron chi connectivity index (χ2n) is 4.61. The molecule has 2 heteroatoms. The van der Waals surface area contributed by atoms with E-state index in [0.29, 0.717) is 0 Å². The van der Waals surface area contributed by atoms with Gasteiger partial charge in [-0.25, -0.2) is 0 Å². The Hall–Kier alpha value is -1.12. The lowest BCUT2D eigenvalue weighted by molar-refractivity contribution is -0.0461. The molecule has 1 aromatic rings. The molecular weight excluding hydrogens is 212 g/mol. The van der Waals surface area contributed by atoms with Crippen molar-refractivity contribution in [2.75, 3.05) is 13.2 Å². The maximum atomic E-state index is 5.42. The van der Waals surface area contributed by atoms with Crippen LogP contribution in [0, 0.1) is 6.92 Å². The molecule has 0 aliphatic carbocycles. The van der Waals surface area contributed by atoms with E-state index in [1.165, 1.54) is 16.7 Å². The van der Waals surface area contributed by atoms with E-state index in [1.54, 1.807) is 0 Å². The van der Waals surface area contributed by atoms with Crippen molar-refractivity contribution in [2.45, 2.75) is 33.0 Å². The molecule has 0 unspecified atom stereocenters. The Bertz CT molecular complexity index is 372. The van der Waals surface area contributed by atoms with E-state index in [-0.39, 0.29) is 6.29 Å². The van der Waals surface area contributed by atoms with Gasteiger partial charge in [0, 0.05) is 6.42 Å². The fourth-order valence-corrected chi connectivity index (χ4v) is 1.94. The first-order valence-corrected chi connectivity index (χ1v) is 6.21. The monoisotopic (exact) mass is 232 g/mol. The Labute approximate surface area is 103 Å². The summed E-state index contributed by atoms with van der Waals surface area (Å²) in [6.07, 6.45) is 4.22. The molecule has 17 heavy (non-hydrogen) atoms. The van der Waals surface area contributed by atoms with Crippen LogP contribution in [0.1, 0.15) is 30.9 Å². The zero-order valence-corrected chi connectivity index (χ0v) is 10.6. The predicted molar refractivity (Wildman–Crippen MR) is 69.8 cm³/mol. The fourth-order valence-electron chi connectivity index (χ4n) is 1.94. The van der Waals surface area contributed by atoms with Crippen LogP contribution in [0.2, 0.25) is 0 Å². The number of rotatable bonds is 4. The van der Waals surface area contributed by atoms with Crippen LogP contribution >= 0.6 is 0 Å². The van der Waals surface area contributed by atoms with Crippen LogP contribution in [-0.2, 0) is 9.47 Å². The molecule has 0 saturated carbocycles. The normalized spacial score (nSPS) is 17.6. The molecule has 0 radical (unpaired) electrons. The highest BCUT2D eigenvalue weighted by atomic mass is 16.7. The summed E-state index contributed by atoms with van der Waals surface area (Å²) in [6.45, 7) is 5.75. The molecule has 1 saturated heterocycles. The van der Waals surface area contributed by atoms with Crippen LogP contribution in [-0.4, -0.2) is 19.5 Å². The van der Waals surface area contributed by atoms with Crippen molar-refractivity contribution in [2.24, 2.45) is 0 Å². The third-order valence-electron chi connectivity index (χ3n) is 2.96. The Kier molecular flexibility index (Phi) is 4.35. The van der Waals surface area contributed by atoms with Gasteiger partial charge in [0.25, 0.3) is 0 Å². The van der Waals surface area contributed by atoms with Crippen molar-refractivity contribution in [3.8, 4) is 0 Å². The van der Waals surface area contributed by atoms with E-state index in [0.717, 1.165) is 26.1 Å². The number of ether oxygens (including phenoxy) is 2. The van der Waals surface area contributed by atoms with Crippen molar-refractivity contribution >= 4 is 6.08 Å². The molecule has 1 aromatic carbocycles.